The Balaban J connectivity index is 1.30. The molecule has 0 unspecified atom stereocenters. The number of carbonyl (C=O) groups excluding carboxylic acids is 1. The fourth-order valence-corrected chi connectivity index (χ4v) is 6.84. The van der Waals surface area contributed by atoms with Crippen molar-refractivity contribution >= 4 is 40.7 Å². The molecule has 1 aliphatic heterocycles. The van der Waals surface area contributed by atoms with Crippen molar-refractivity contribution in [1.29, 1.82) is 0 Å². The molecule has 0 saturated carbocycles. The minimum atomic E-state index is -1.12. The molecular formula is C36H37Cl2N7O6. The number of aliphatic hydroxyl groups is 1. The fourth-order valence-electron chi connectivity index (χ4n) is 6.18. The van der Waals surface area contributed by atoms with E-state index in [4.69, 9.17) is 27.9 Å². The Morgan fingerprint density at radius 3 is 2.43 bits per heavy atom. The maximum atomic E-state index is 13.2. The number of halogens is 2. The Labute approximate surface area is 303 Å². The number of nitrogens with zero attached hydrogens (tertiary/aromatic N) is 5. The van der Waals surface area contributed by atoms with Crippen LogP contribution in [0.25, 0.3) is 39.0 Å². The molecule has 1 aliphatic rings. The Bertz CT molecular complexity index is 2180. The van der Waals surface area contributed by atoms with Gasteiger partial charge in [-0.05, 0) is 31.5 Å². The number of carboxylic acid groups (broad SMARTS) is 1. The summed E-state index contributed by atoms with van der Waals surface area (Å²) in [5.41, 5.74) is 4.55. The molecule has 1 fully saturated rings. The van der Waals surface area contributed by atoms with Crippen LogP contribution < -0.4 is 20.9 Å². The lowest BCUT2D eigenvalue weighted by molar-refractivity contribution is -0.119. The van der Waals surface area contributed by atoms with Crippen LogP contribution in [0.1, 0.15) is 31.2 Å². The molecule has 6 rings (SSSR count). The first kappa shape index (κ1) is 35.9. The largest absolute Gasteiger partial charge is 0.481 e. The quantitative estimate of drug-likeness (QED) is 0.139. The van der Waals surface area contributed by atoms with Gasteiger partial charge in [0, 0.05) is 72.2 Å². The van der Waals surface area contributed by atoms with Gasteiger partial charge in [-0.15, -0.1) is 0 Å². The third kappa shape index (κ3) is 7.57. The SMILES string of the molecule is COc1nc(-c2cccc(-c3cccc(-c4cc5c(=O)n(C)c(CNC[C@H](C)O)nn5c4)c3Cl)c2Cl)ccc1CN(C[C@@H]1CCC(=O)N1)C(=O)O. The highest BCUT2D eigenvalue weighted by molar-refractivity contribution is 6.39. The zero-order valence-corrected chi connectivity index (χ0v) is 29.7. The predicted molar refractivity (Wildman–Crippen MR) is 194 cm³/mol. The lowest BCUT2D eigenvalue weighted by atomic mass is 9.97. The van der Waals surface area contributed by atoms with Gasteiger partial charge < -0.3 is 30.5 Å². The third-order valence-electron chi connectivity index (χ3n) is 8.82. The Kier molecular flexibility index (Phi) is 10.6. The Hall–Kier alpha value is -4.95. The Morgan fingerprint density at radius 1 is 1.10 bits per heavy atom. The van der Waals surface area contributed by atoms with Crippen LogP contribution in [0.15, 0.2) is 65.6 Å². The molecule has 0 radical (unpaired) electrons. The maximum Gasteiger partial charge on any atom is 0.407 e. The van der Waals surface area contributed by atoms with Gasteiger partial charge in [0.05, 0.1) is 42.0 Å². The van der Waals surface area contributed by atoms with Gasteiger partial charge in [-0.3, -0.25) is 14.2 Å². The number of hydrogen-bond acceptors (Lipinski definition) is 8. The number of aromatic nitrogens is 4. The number of methoxy groups -OCH3 is 1. The van der Waals surface area contributed by atoms with Crippen molar-refractivity contribution in [3.8, 4) is 39.4 Å². The lowest BCUT2D eigenvalue weighted by Gasteiger charge is -2.23. The van der Waals surface area contributed by atoms with Crippen LogP contribution in [0.4, 0.5) is 4.79 Å². The summed E-state index contributed by atoms with van der Waals surface area (Å²) < 4.78 is 8.60. The Morgan fingerprint density at radius 2 is 1.78 bits per heavy atom. The average molecular weight is 735 g/mol. The van der Waals surface area contributed by atoms with Gasteiger partial charge in [0.2, 0.25) is 11.8 Å². The zero-order chi connectivity index (χ0) is 36.4. The maximum absolute atomic E-state index is 13.2. The summed E-state index contributed by atoms with van der Waals surface area (Å²) in [6.45, 7) is 2.51. The van der Waals surface area contributed by atoms with Gasteiger partial charge in [0.15, 0.2) is 0 Å². The van der Waals surface area contributed by atoms with Gasteiger partial charge in [-0.1, -0.05) is 59.6 Å². The summed E-state index contributed by atoms with van der Waals surface area (Å²) in [6, 6.07) is 16.1. The zero-order valence-electron chi connectivity index (χ0n) is 28.2. The lowest BCUT2D eigenvalue weighted by Crippen LogP contribution is -2.41. The normalized spacial score (nSPS) is 14.9. The molecule has 0 aliphatic carbocycles. The first-order valence-corrected chi connectivity index (χ1v) is 17.1. The van der Waals surface area contributed by atoms with Crippen molar-refractivity contribution in [1.82, 2.24) is 34.7 Å². The van der Waals surface area contributed by atoms with Gasteiger partial charge in [-0.2, -0.15) is 5.10 Å². The highest BCUT2D eigenvalue weighted by Gasteiger charge is 2.26. The van der Waals surface area contributed by atoms with Crippen molar-refractivity contribution in [2.75, 3.05) is 20.2 Å². The molecule has 266 valence electrons. The molecule has 2 aromatic carbocycles. The topological polar surface area (TPSA) is 163 Å². The second-order valence-electron chi connectivity index (χ2n) is 12.5. The first-order valence-electron chi connectivity index (χ1n) is 16.3. The van der Waals surface area contributed by atoms with Crippen molar-refractivity contribution in [3.05, 3.63) is 92.6 Å². The van der Waals surface area contributed by atoms with Crippen LogP contribution in [0.5, 0.6) is 5.88 Å². The van der Waals surface area contributed by atoms with Crippen LogP contribution in [0, 0.1) is 0 Å². The summed E-state index contributed by atoms with van der Waals surface area (Å²) in [5.74, 6) is 0.672. The molecule has 4 heterocycles. The van der Waals surface area contributed by atoms with Crippen molar-refractivity contribution in [3.63, 3.8) is 0 Å². The molecule has 2 amide bonds. The number of nitrogens with one attached hydrogen (secondary N) is 2. The fraction of sp³-hybridized carbons (Fsp3) is 0.306. The van der Waals surface area contributed by atoms with Gasteiger partial charge >= 0.3 is 6.09 Å². The number of ether oxygens (including phenoxy) is 1. The molecule has 51 heavy (non-hydrogen) atoms. The summed E-state index contributed by atoms with van der Waals surface area (Å²) >= 11 is 14.1. The van der Waals surface area contributed by atoms with E-state index < -0.39 is 12.2 Å². The number of fused-ring (bicyclic) bond motifs is 1. The van der Waals surface area contributed by atoms with Crippen LogP contribution in [0.3, 0.4) is 0 Å². The van der Waals surface area contributed by atoms with Crippen LogP contribution in [-0.2, 0) is 24.9 Å². The smallest absolute Gasteiger partial charge is 0.407 e. The summed E-state index contributed by atoms with van der Waals surface area (Å²) in [6.07, 6.45) is 1.05. The highest BCUT2D eigenvalue weighted by Crippen LogP contribution is 2.42. The number of benzene rings is 2. The molecule has 0 spiro atoms. The van der Waals surface area contributed by atoms with E-state index in [1.54, 1.807) is 42.9 Å². The molecule has 3 aromatic heterocycles. The van der Waals surface area contributed by atoms with Crippen molar-refractivity contribution < 1.29 is 24.5 Å². The second kappa shape index (κ2) is 15.1. The molecule has 13 nitrogen and oxygen atoms in total. The third-order valence-corrected chi connectivity index (χ3v) is 9.64. The van der Waals surface area contributed by atoms with Crippen LogP contribution >= 0.6 is 23.2 Å². The number of aliphatic hydroxyl groups excluding tert-OH is 1. The molecule has 4 N–H and O–H groups in total. The van der Waals surface area contributed by atoms with E-state index in [9.17, 15) is 24.6 Å². The summed E-state index contributed by atoms with van der Waals surface area (Å²) in [5, 5.41) is 30.8. The molecule has 15 heteroatoms. The number of hydrogen-bond donors (Lipinski definition) is 4. The number of carbonyl (C=O) groups is 2. The molecule has 0 bridgehead atoms. The second-order valence-corrected chi connectivity index (χ2v) is 13.2. The van der Waals surface area contributed by atoms with E-state index in [-0.39, 0.29) is 36.5 Å². The van der Waals surface area contributed by atoms with Gasteiger partial charge in [0.25, 0.3) is 5.56 Å². The highest BCUT2D eigenvalue weighted by atomic mass is 35.5. The number of pyridine rings is 1. The van der Waals surface area contributed by atoms with E-state index in [1.807, 2.05) is 36.4 Å². The average Bonchev–Trinajstić information content (AvgIpc) is 3.72. The summed E-state index contributed by atoms with van der Waals surface area (Å²) in [7, 11) is 3.12. The van der Waals surface area contributed by atoms with Crippen molar-refractivity contribution in [2.24, 2.45) is 7.05 Å². The van der Waals surface area contributed by atoms with Crippen molar-refractivity contribution in [2.45, 2.75) is 45.0 Å². The van der Waals surface area contributed by atoms with E-state index >= 15 is 0 Å². The molecule has 2 atom stereocenters. The van der Waals surface area contributed by atoms with E-state index in [1.165, 1.54) is 16.6 Å². The van der Waals surface area contributed by atoms with Crippen LogP contribution in [-0.4, -0.2) is 78.6 Å². The number of amides is 2. The van der Waals surface area contributed by atoms with E-state index in [2.05, 4.69) is 20.7 Å². The molecule has 5 aromatic rings. The van der Waals surface area contributed by atoms with Gasteiger partial charge in [0.1, 0.15) is 11.3 Å². The van der Waals surface area contributed by atoms with Crippen LogP contribution in [0.2, 0.25) is 10.0 Å². The minimum absolute atomic E-state index is 0.0200. The van der Waals surface area contributed by atoms with E-state index in [0.29, 0.717) is 86.4 Å². The monoisotopic (exact) mass is 733 g/mol. The number of rotatable bonds is 12. The minimum Gasteiger partial charge on any atom is -0.481 e. The first-order chi connectivity index (χ1) is 24.4. The standard InChI is InChI=1S/C36H37Cl2N7O6/c1-20(46)15-39-16-30-42-45-18-22(14-29(45)35(48)43(30)2)24-6-4-7-25(32(24)37)26-8-5-9-27(33(26)38)28-12-10-21(34(41-28)51-3)17-44(36(49)50)19-23-11-13-31(47)40-23/h4-10,12,14,18,20,23,39,46H,11,13,15-17,19H2,1-3H3,(H,40,47)(H,49,50)/t20-,23-/m0/s1. The molecular weight excluding hydrogens is 697 g/mol. The molecule has 1 saturated heterocycles. The summed E-state index contributed by atoms with van der Waals surface area (Å²) in [4.78, 5) is 42.8. The van der Waals surface area contributed by atoms with Gasteiger partial charge in [-0.25, -0.2) is 14.3 Å². The van der Waals surface area contributed by atoms with E-state index in [0.717, 1.165) is 0 Å². The predicted octanol–water partition coefficient (Wildman–Crippen LogP) is 4.97.